The van der Waals surface area contributed by atoms with Gasteiger partial charge in [-0.1, -0.05) is 6.07 Å². The van der Waals surface area contributed by atoms with E-state index in [4.69, 9.17) is 10.2 Å². The van der Waals surface area contributed by atoms with Gasteiger partial charge in [-0.15, -0.1) is 0 Å². The van der Waals surface area contributed by atoms with Crippen molar-refractivity contribution < 1.29 is 14.6 Å². The fourth-order valence-corrected chi connectivity index (χ4v) is 1.10. The maximum absolute atomic E-state index is 13.1. The Hall–Kier alpha value is -1.09. The molecular weight excluding hydrogens is 171 g/mol. The van der Waals surface area contributed by atoms with Crippen molar-refractivity contribution in [1.29, 1.82) is 0 Å². The van der Waals surface area contributed by atoms with Crippen LogP contribution in [0.25, 0.3) is 0 Å². The second-order valence-electron chi connectivity index (χ2n) is 3.16. The zero-order chi connectivity index (χ0) is 9.84. The Kier molecular flexibility index (Phi) is 3.25. The summed E-state index contributed by atoms with van der Waals surface area (Å²) in [5, 5.41) is 17.9. The molecule has 1 unspecified atom stereocenters. The molecule has 3 heteroatoms. The second-order valence-corrected chi connectivity index (χ2v) is 3.16. The summed E-state index contributed by atoms with van der Waals surface area (Å²) in [5.74, 6) is -0.487. The molecule has 1 atom stereocenters. The summed E-state index contributed by atoms with van der Waals surface area (Å²) in [7, 11) is 0. The number of aryl methyl sites for hydroxylation is 1. The Morgan fingerprint density at radius 1 is 1.46 bits per heavy atom. The fraction of sp³-hybridized carbons (Fsp3) is 0.400. The molecule has 0 heterocycles. The van der Waals surface area contributed by atoms with Crippen molar-refractivity contribution in [3.05, 3.63) is 29.6 Å². The van der Waals surface area contributed by atoms with E-state index >= 15 is 0 Å². The lowest BCUT2D eigenvalue weighted by Gasteiger charge is -2.05. The average Bonchev–Trinajstić information content (AvgIpc) is 2.02. The van der Waals surface area contributed by atoms with Crippen LogP contribution >= 0.6 is 0 Å². The summed E-state index contributed by atoms with van der Waals surface area (Å²) in [5.41, 5.74) is 0.527. The molecule has 1 aromatic carbocycles. The predicted octanol–water partition coefficient (Wildman–Crippen LogP) is 1.84. The minimum Gasteiger partial charge on any atom is -0.508 e. The van der Waals surface area contributed by atoms with E-state index in [2.05, 4.69) is 0 Å². The molecule has 0 saturated carbocycles. The average molecular weight is 184 g/mol. The first-order valence-electron chi connectivity index (χ1n) is 4.25. The van der Waals surface area contributed by atoms with Gasteiger partial charge in [0, 0.05) is 6.07 Å². The van der Waals surface area contributed by atoms with E-state index in [1.165, 1.54) is 12.1 Å². The summed E-state index contributed by atoms with van der Waals surface area (Å²) in [4.78, 5) is 0. The van der Waals surface area contributed by atoms with Gasteiger partial charge in [-0.05, 0) is 31.4 Å². The number of benzene rings is 1. The van der Waals surface area contributed by atoms with E-state index < -0.39 is 11.9 Å². The third kappa shape index (κ3) is 3.03. The van der Waals surface area contributed by atoms with Gasteiger partial charge >= 0.3 is 0 Å². The topological polar surface area (TPSA) is 40.5 Å². The molecule has 2 nitrogen and oxygen atoms in total. The highest BCUT2D eigenvalue weighted by Crippen LogP contribution is 2.16. The van der Waals surface area contributed by atoms with Crippen molar-refractivity contribution in [1.82, 2.24) is 0 Å². The van der Waals surface area contributed by atoms with Crippen molar-refractivity contribution in [2.45, 2.75) is 25.9 Å². The molecule has 1 aromatic rings. The molecule has 0 saturated heterocycles. The van der Waals surface area contributed by atoms with Gasteiger partial charge in [-0.3, -0.25) is 0 Å². The van der Waals surface area contributed by atoms with Crippen LogP contribution in [0.15, 0.2) is 18.2 Å². The molecule has 0 spiro atoms. The van der Waals surface area contributed by atoms with Gasteiger partial charge in [0.25, 0.3) is 0 Å². The third-order valence-electron chi connectivity index (χ3n) is 1.87. The Balaban J connectivity index is 2.67. The van der Waals surface area contributed by atoms with E-state index in [0.29, 0.717) is 18.4 Å². The van der Waals surface area contributed by atoms with Gasteiger partial charge in [0.15, 0.2) is 0 Å². The minimum atomic E-state index is -0.423. The van der Waals surface area contributed by atoms with E-state index in [9.17, 15) is 4.39 Å². The van der Waals surface area contributed by atoms with E-state index in [0.717, 1.165) is 6.07 Å². The van der Waals surface area contributed by atoms with Crippen LogP contribution in [0.2, 0.25) is 0 Å². The summed E-state index contributed by atoms with van der Waals surface area (Å²) in [6.45, 7) is 1.66. The summed E-state index contributed by atoms with van der Waals surface area (Å²) >= 11 is 0. The molecule has 13 heavy (non-hydrogen) atoms. The van der Waals surface area contributed by atoms with Crippen molar-refractivity contribution in [3.8, 4) is 5.75 Å². The number of hydrogen-bond donors (Lipinski definition) is 2. The van der Waals surface area contributed by atoms with Crippen molar-refractivity contribution >= 4 is 0 Å². The van der Waals surface area contributed by atoms with Crippen LogP contribution in [-0.2, 0) is 6.42 Å². The van der Waals surface area contributed by atoms with Gasteiger partial charge in [-0.2, -0.15) is 0 Å². The van der Waals surface area contributed by atoms with E-state index in [-0.39, 0.29) is 5.75 Å². The number of halogens is 1. The molecule has 0 aliphatic carbocycles. The Morgan fingerprint density at radius 2 is 2.15 bits per heavy atom. The normalized spacial score (nSPS) is 12.8. The summed E-state index contributed by atoms with van der Waals surface area (Å²) in [6.07, 6.45) is 0.596. The van der Waals surface area contributed by atoms with Crippen LogP contribution < -0.4 is 0 Å². The van der Waals surface area contributed by atoms with Gasteiger partial charge in [0.1, 0.15) is 11.6 Å². The quantitative estimate of drug-likeness (QED) is 0.752. The molecule has 0 amide bonds. The highest BCUT2D eigenvalue weighted by molar-refractivity contribution is 5.27. The number of aromatic hydroxyl groups is 1. The Morgan fingerprint density at radius 3 is 2.69 bits per heavy atom. The number of aliphatic hydroxyl groups excluding tert-OH is 1. The van der Waals surface area contributed by atoms with Gasteiger partial charge in [0.05, 0.1) is 6.10 Å². The maximum Gasteiger partial charge on any atom is 0.130 e. The summed E-state index contributed by atoms with van der Waals surface area (Å²) in [6, 6.07) is 4.06. The van der Waals surface area contributed by atoms with Gasteiger partial charge in [-0.25, -0.2) is 4.39 Å². The number of phenols is 1. The SMILES string of the molecule is CC(O)CCc1ccc(O)cc1F. The Bertz CT molecular complexity index is 284. The van der Waals surface area contributed by atoms with Crippen LogP contribution in [-0.4, -0.2) is 16.3 Å². The molecule has 0 aliphatic rings. The standard InChI is InChI=1S/C10H13FO2/c1-7(12)2-3-8-4-5-9(13)6-10(8)11/h4-7,12-13H,2-3H2,1H3. The van der Waals surface area contributed by atoms with E-state index in [1.807, 2.05) is 0 Å². The van der Waals surface area contributed by atoms with Crippen LogP contribution in [0.3, 0.4) is 0 Å². The Labute approximate surface area is 76.6 Å². The van der Waals surface area contributed by atoms with Crippen LogP contribution in [0.4, 0.5) is 4.39 Å². The molecule has 0 aliphatic heterocycles. The molecule has 0 radical (unpaired) electrons. The first-order valence-corrected chi connectivity index (χ1v) is 4.25. The largest absolute Gasteiger partial charge is 0.508 e. The highest BCUT2D eigenvalue weighted by atomic mass is 19.1. The summed E-state index contributed by atoms with van der Waals surface area (Å²) < 4.78 is 13.1. The molecule has 2 N–H and O–H groups in total. The lowest BCUT2D eigenvalue weighted by atomic mass is 10.1. The van der Waals surface area contributed by atoms with Crippen LogP contribution in [0.1, 0.15) is 18.9 Å². The maximum atomic E-state index is 13.1. The predicted molar refractivity (Wildman–Crippen MR) is 48.1 cm³/mol. The van der Waals surface area contributed by atoms with Gasteiger partial charge < -0.3 is 10.2 Å². The van der Waals surface area contributed by atoms with Gasteiger partial charge in [0.2, 0.25) is 0 Å². The molecule has 72 valence electrons. The lowest BCUT2D eigenvalue weighted by Crippen LogP contribution is -2.02. The van der Waals surface area contributed by atoms with Crippen molar-refractivity contribution in [2.24, 2.45) is 0 Å². The van der Waals surface area contributed by atoms with Crippen molar-refractivity contribution in [3.63, 3.8) is 0 Å². The third-order valence-corrected chi connectivity index (χ3v) is 1.87. The second kappa shape index (κ2) is 4.23. The number of hydrogen-bond acceptors (Lipinski definition) is 2. The zero-order valence-corrected chi connectivity index (χ0v) is 7.50. The van der Waals surface area contributed by atoms with Crippen LogP contribution in [0.5, 0.6) is 5.75 Å². The molecule has 0 bridgehead atoms. The van der Waals surface area contributed by atoms with E-state index in [1.54, 1.807) is 6.92 Å². The monoisotopic (exact) mass is 184 g/mol. The first-order chi connectivity index (χ1) is 6.09. The lowest BCUT2D eigenvalue weighted by molar-refractivity contribution is 0.184. The smallest absolute Gasteiger partial charge is 0.130 e. The molecular formula is C10H13FO2. The first kappa shape index (κ1) is 9.99. The molecule has 1 rings (SSSR count). The van der Waals surface area contributed by atoms with Crippen molar-refractivity contribution in [2.75, 3.05) is 0 Å². The number of phenolic OH excluding ortho intramolecular Hbond substituents is 1. The molecule has 0 fully saturated rings. The number of aliphatic hydroxyl groups is 1. The molecule has 0 aromatic heterocycles. The van der Waals surface area contributed by atoms with Crippen LogP contribution in [0, 0.1) is 5.82 Å². The zero-order valence-electron chi connectivity index (χ0n) is 7.50. The minimum absolute atomic E-state index is 0.0710. The fourth-order valence-electron chi connectivity index (χ4n) is 1.10. The highest BCUT2D eigenvalue weighted by Gasteiger charge is 2.04. The number of rotatable bonds is 3.